The number of aliphatic imine (C=N–C) groups is 1. The monoisotopic (exact) mass is 538 g/mol. The first-order valence-corrected chi connectivity index (χ1v) is 11.0. The van der Waals surface area contributed by atoms with Crippen molar-refractivity contribution in [3.8, 4) is 0 Å². The van der Waals surface area contributed by atoms with Gasteiger partial charge in [-0.15, -0.1) is 0 Å². The largest absolute Gasteiger partial charge is 0.481 e. The molecule has 202 valence electrons. The van der Waals surface area contributed by atoms with E-state index in [0.717, 1.165) is 36.8 Å². The lowest BCUT2D eigenvalue weighted by molar-refractivity contribution is -0.137. The SMILES string of the molecule is C=C(N=C/C(=C\N)C(=O)NC1(C(=O)NCc2ncc(Nc3c(F)cccc3C(F)(F)F)cc2F)CC1)OC. The lowest BCUT2D eigenvalue weighted by atomic mass is 10.1. The average molecular weight is 538 g/mol. The summed E-state index contributed by atoms with van der Waals surface area (Å²) in [5, 5.41) is 7.23. The van der Waals surface area contributed by atoms with E-state index in [4.69, 9.17) is 10.5 Å². The number of nitrogens with two attached hydrogens (primary N) is 1. The van der Waals surface area contributed by atoms with Crippen LogP contribution in [0.5, 0.6) is 0 Å². The van der Waals surface area contributed by atoms with Crippen molar-refractivity contribution in [3.05, 3.63) is 77.6 Å². The number of ether oxygens (including phenoxy) is 1. The van der Waals surface area contributed by atoms with Crippen molar-refractivity contribution in [1.29, 1.82) is 0 Å². The number of anilines is 2. The second kappa shape index (κ2) is 11.3. The molecule has 1 saturated carbocycles. The molecule has 2 amide bonds. The first-order chi connectivity index (χ1) is 17.9. The molecule has 0 radical (unpaired) electrons. The Bertz CT molecular complexity index is 1300. The van der Waals surface area contributed by atoms with E-state index in [9.17, 15) is 31.5 Å². The summed E-state index contributed by atoms with van der Waals surface area (Å²) in [4.78, 5) is 32.8. The van der Waals surface area contributed by atoms with Gasteiger partial charge in [0, 0.05) is 18.5 Å². The van der Waals surface area contributed by atoms with Gasteiger partial charge in [-0.1, -0.05) is 6.07 Å². The third-order valence-electron chi connectivity index (χ3n) is 5.48. The number of nitrogens with one attached hydrogen (secondary N) is 3. The molecule has 14 heteroatoms. The van der Waals surface area contributed by atoms with Crippen LogP contribution in [0.1, 0.15) is 24.1 Å². The Morgan fingerprint density at radius 2 is 1.97 bits per heavy atom. The molecule has 0 atom stereocenters. The van der Waals surface area contributed by atoms with Crippen LogP contribution in [0.2, 0.25) is 0 Å². The summed E-state index contributed by atoms with van der Waals surface area (Å²) in [6.45, 7) is 3.09. The summed E-state index contributed by atoms with van der Waals surface area (Å²) >= 11 is 0. The van der Waals surface area contributed by atoms with Crippen molar-refractivity contribution in [2.75, 3.05) is 12.4 Å². The number of rotatable bonds is 10. The average Bonchev–Trinajstić information content (AvgIpc) is 3.64. The molecule has 2 aromatic rings. The Morgan fingerprint density at radius 3 is 2.55 bits per heavy atom. The standard InChI is InChI=1S/C24H23F5N6O3/c1-13(38-2)31-10-14(9-30)21(36)35-23(6-7-23)22(37)33-12-19-18(26)8-15(11-32-19)34-20-16(24(27,28)29)4-3-5-17(20)25/h3-5,8-11,34H,1,6-7,12,30H2,2H3,(H,33,37)(H,35,36)/b14-9+,31-10?. The van der Waals surface area contributed by atoms with Crippen LogP contribution >= 0.6 is 0 Å². The molecule has 0 aliphatic heterocycles. The normalized spacial score (nSPS) is 14.6. The number of halogens is 5. The van der Waals surface area contributed by atoms with E-state index in [0.29, 0.717) is 18.9 Å². The van der Waals surface area contributed by atoms with Gasteiger partial charge in [0.2, 0.25) is 11.8 Å². The van der Waals surface area contributed by atoms with Crippen LogP contribution in [0.4, 0.5) is 33.3 Å². The number of carbonyl (C=O) groups is 2. The molecule has 1 fully saturated rings. The first-order valence-electron chi connectivity index (χ1n) is 11.0. The van der Waals surface area contributed by atoms with E-state index in [1.54, 1.807) is 0 Å². The van der Waals surface area contributed by atoms with Crippen molar-refractivity contribution in [2.45, 2.75) is 31.1 Å². The van der Waals surface area contributed by atoms with Crippen molar-refractivity contribution >= 4 is 29.4 Å². The maximum absolute atomic E-state index is 14.6. The molecule has 1 aliphatic carbocycles. The highest BCUT2D eigenvalue weighted by atomic mass is 19.4. The summed E-state index contributed by atoms with van der Waals surface area (Å²) in [5.41, 5.74) is 1.53. The molecule has 1 aliphatic rings. The number of hydrogen-bond acceptors (Lipinski definition) is 7. The summed E-state index contributed by atoms with van der Waals surface area (Å²) in [5.74, 6) is -3.40. The van der Waals surface area contributed by atoms with Crippen molar-refractivity contribution in [1.82, 2.24) is 15.6 Å². The summed E-state index contributed by atoms with van der Waals surface area (Å²) in [6, 6.07) is 3.23. The number of para-hydroxylation sites is 1. The molecular formula is C24H23F5N6O3. The number of aromatic nitrogens is 1. The van der Waals surface area contributed by atoms with Crippen LogP contribution in [0.15, 0.2) is 59.7 Å². The number of hydrogen-bond donors (Lipinski definition) is 4. The molecule has 0 saturated heterocycles. The second-order valence-corrected chi connectivity index (χ2v) is 8.13. The number of pyridine rings is 1. The van der Waals surface area contributed by atoms with Gasteiger partial charge in [-0.05, 0) is 31.6 Å². The topological polar surface area (TPSA) is 131 Å². The zero-order chi connectivity index (χ0) is 28.1. The molecule has 3 rings (SSSR count). The molecule has 0 unspecified atom stereocenters. The van der Waals surface area contributed by atoms with E-state index in [-0.39, 0.29) is 29.4 Å². The van der Waals surface area contributed by atoms with Crippen LogP contribution in [-0.2, 0) is 27.0 Å². The highest BCUT2D eigenvalue weighted by Gasteiger charge is 2.51. The minimum Gasteiger partial charge on any atom is -0.481 e. The fourth-order valence-corrected chi connectivity index (χ4v) is 3.22. The summed E-state index contributed by atoms with van der Waals surface area (Å²) < 4.78 is 73.0. The second-order valence-electron chi connectivity index (χ2n) is 8.13. The van der Waals surface area contributed by atoms with Crippen LogP contribution in [0, 0.1) is 11.6 Å². The van der Waals surface area contributed by atoms with Crippen LogP contribution in [-0.4, -0.2) is 35.7 Å². The fourth-order valence-electron chi connectivity index (χ4n) is 3.22. The van der Waals surface area contributed by atoms with Gasteiger partial charge in [-0.2, -0.15) is 13.2 Å². The van der Waals surface area contributed by atoms with E-state index < -0.39 is 46.4 Å². The third kappa shape index (κ3) is 6.63. The van der Waals surface area contributed by atoms with Crippen LogP contribution in [0.25, 0.3) is 0 Å². The number of methoxy groups -OCH3 is 1. The van der Waals surface area contributed by atoms with Gasteiger partial charge in [0.05, 0.1) is 48.1 Å². The molecule has 38 heavy (non-hydrogen) atoms. The Balaban J connectivity index is 1.64. The van der Waals surface area contributed by atoms with Gasteiger partial charge in [0.15, 0.2) is 0 Å². The summed E-state index contributed by atoms with van der Waals surface area (Å²) in [7, 11) is 1.34. The maximum atomic E-state index is 14.6. The molecular weight excluding hydrogens is 515 g/mol. The number of benzene rings is 1. The van der Waals surface area contributed by atoms with E-state index in [1.165, 1.54) is 7.11 Å². The van der Waals surface area contributed by atoms with Gasteiger partial charge in [-0.25, -0.2) is 13.8 Å². The fraction of sp³-hybridized carbons (Fsp3) is 0.250. The molecule has 1 heterocycles. The van der Waals surface area contributed by atoms with Crippen molar-refractivity contribution in [2.24, 2.45) is 10.7 Å². The molecule has 1 aromatic carbocycles. The van der Waals surface area contributed by atoms with Gasteiger partial charge >= 0.3 is 6.18 Å². The minimum absolute atomic E-state index is 0.0291. The zero-order valence-corrected chi connectivity index (χ0v) is 20.0. The zero-order valence-electron chi connectivity index (χ0n) is 20.0. The minimum atomic E-state index is -4.85. The van der Waals surface area contributed by atoms with Gasteiger partial charge < -0.3 is 26.4 Å². The van der Waals surface area contributed by atoms with E-state index >= 15 is 0 Å². The number of nitrogens with zero attached hydrogens (tertiary/aromatic N) is 2. The first kappa shape index (κ1) is 28.1. The molecule has 0 spiro atoms. The number of alkyl halides is 3. The Labute approximate surface area is 213 Å². The lowest BCUT2D eigenvalue weighted by Crippen LogP contribution is -2.49. The third-order valence-corrected chi connectivity index (χ3v) is 5.48. The Kier molecular flexibility index (Phi) is 8.33. The smallest absolute Gasteiger partial charge is 0.418 e. The number of carbonyl (C=O) groups excluding carboxylic acids is 2. The molecule has 5 N–H and O–H groups in total. The van der Waals surface area contributed by atoms with Crippen molar-refractivity contribution < 1.29 is 36.3 Å². The lowest BCUT2D eigenvalue weighted by Gasteiger charge is -2.18. The van der Waals surface area contributed by atoms with Crippen LogP contribution < -0.4 is 21.7 Å². The quantitative estimate of drug-likeness (QED) is 0.159. The summed E-state index contributed by atoms with van der Waals surface area (Å²) in [6.07, 6.45) is -1.12. The van der Waals surface area contributed by atoms with Crippen molar-refractivity contribution in [3.63, 3.8) is 0 Å². The Hall–Kier alpha value is -4.49. The highest BCUT2D eigenvalue weighted by molar-refractivity contribution is 6.13. The predicted octanol–water partition coefficient (Wildman–Crippen LogP) is 3.42. The molecule has 0 bridgehead atoms. The van der Waals surface area contributed by atoms with Crippen LogP contribution in [0.3, 0.4) is 0 Å². The van der Waals surface area contributed by atoms with Gasteiger partial charge in [0.25, 0.3) is 5.91 Å². The van der Waals surface area contributed by atoms with Gasteiger partial charge in [-0.3, -0.25) is 14.6 Å². The van der Waals surface area contributed by atoms with E-state index in [1.807, 2.05) is 0 Å². The molecule has 1 aromatic heterocycles. The maximum Gasteiger partial charge on any atom is 0.418 e. The highest BCUT2D eigenvalue weighted by Crippen LogP contribution is 2.38. The predicted molar refractivity (Wildman–Crippen MR) is 128 cm³/mol. The Morgan fingerprint density at radius 1 is 1.26 bits per heavy atom. The molecule has 9 nitrogen and oxygen atoms in total. The number of amides is 2. The van der Waals surface area contributed by atoms with E-state index in [2.05, 4.69) is 32.5 Å². The van der Waals surface area contributed by atoms with Gasteiger partial charge in [0.1, 0.15) is 17.2 Å².